The van der Waals surface area contributed by atoms with Crippen LogP contribution in [0.3, 0.4) is 0 Å². The van der Waals surface area contributed by atoms with Gasteiger partial charge in [-0.2, -0.15) is 0 Å². The van der Waals surface area contributed by atoms with Crippen molar-refractivity contribution in [2.75, 3.05) is 6.54 Å². The van der Waals surface area contributed by atoms with Crippen molar-refractivity contribution in [1.82, 2.24) is 20.6 Å². The summed E-state index contributed by atoms with van der Waals surface area (Å²) < 4.78 is 5.54. The van der Waals surface area contributed by atoms with Crippen LogP contribution in [0.4, 0.5) is 4.79 Å². The Labute approximate surface area is 202 Å². The molecule has 2 aromatic heterocycles. The molecule has 4 aromatic rings. The fraction of sp³-hybridized carbons (Fsp3) is 0.308. The zero-order chi connectivity index (χ0) is 25.2. The van der Waals surface area contributed by atoms with Gasteiger partial charge in [-0.1, -0.05) is 0 Å². The molecule has 0 saturated carbocycles. The highest BCUT2D eigenvalue weighted by Gasteiger charge is 2.26. The minimum Gasteiger partial charge on any atom is -0.508 e. The number of phenolic OH excluding ortho intramolecular Hbond substituents is 2. The summed E-state index contributed by atoms with van der Waals surface area (Å²) in [5.41, 5.74) is 2.87. The third-order valence-electron chi connectivity index (χ3n) is 5.62. The first-order valence-corrected chi connectivity index (χ1v) is 11.4. The van der Waals surface area contributed by atoms with E-state index in [2.05, 4.69) is 20.6 Å². The molecule has 184 valence electrons. The SMILES string of the molecule is CC(C)(C)NC(=O)O[C@@H](Cc1c[nH]c2ccc(O)cc12)C(=O)NCCc1c[nH]c2ccc(O)cc12. The van der Waals surface area contributed by atoms with Crippen LogP contribution in [0.5, 0.6) is 11.5 Å². The molecule has 2 amide bonds. The Kier molecular flexibility index (Phi) is 6.59. The van der Waals surface area contributed by atoms with E-state index >= 15 is 0 Å². The van der Waals surface area contributed by atoms with Gasteiger partial charge in [-0.05, 0) is 74.7 Å². The van der Waals surface area contributed by atoms with Crippen LogP contribution >= 0.6 is 0 Å². The molecule has 4 rings (SSSR count). The van der Waals surface area contributed by atoms with Crippen molar-refractivity contribution >= 4 is 33.8 Å². The maximum atomic E-state index is 13.1. The average Bonchev–Trinajstić information content (AvgIpc) is 3.35. The van der Waals surface area contributed by atoms with Crippen molar-refractivity contribution in [3.05, 3.63) is 59.9 Å². The predicted molar refractivity (Wildman–Crippen MR) is 134 cm³/mol. The minimum absolute atomic E-state index is 0.107. The zero-order valence-corrected chi connectivity index (χ0v) is 19.9. The lowest BCUT2D eigenvalue weighted by molar-refractivity contribution is -0.129. The van der Waals surface area contributed by atoms with Gasteiger partial charge < -0.3 is 35.6 Å². The van der Waals surface area contributed by atoms with Crippen molar-refractivity contribution < 1.29 is 24.5 Å². The number of carbonyl (C=O) groups excluding carboxylic acids is 2. The molecule has 2 heterocycles. The largest absolute Gasteiger partial charge is 0.508 e. The number of aromatic nitrogens is 2. The van der Waals surface area contributed by atoms with E-state index in [0.717, 1.165) is 32.9 Å². The van der Waals surface area contributed by atoms with Crippen molar-refractivity contribution in [2.24, 2.45) is 0 Å². The molecular formula is C26H30N4O5. The van der Waals surface area contributed by atoms with Gasteiger partial charge in [0.05, 0.1) is 0 Å². The minimum atomic E-state index is -1.08. The molecule has 0 bridgehead atoms. The summed E-state index contributed by atoms with van der Waals surface area (Å²) in [6, 6.07) is 10.0. The number of aromatic hydroxyl groups is 2. The van der Waals surface area contributed by atoms with Gasteiger partial charge in [-0.25, -0.2) is 4.79 Å². The van der Waals surface area contributed by atoms with Crippen molar-refractivity contribution in [2.45, 2.75) is 45.3 Å². The van der Waals surface area contributed by atoms with Gasteiger partial charge in [0.15, 0.2) is 6.10 Å². The van der Waals surface area contributed by atoms with E-state index in [9.17, 15) is 19.8 Å². The molecule has 9 nitrogen and oxygen atoms in total. The molecule has 0 radical (unpaired) electrons. The lowest BCUT2D eigenvalue weighted by Crippen LogP contribution is -2.46. The van der Waals surface area contributed by atoms with Crippen LogP contribution < -0.4 is 10.6 Å². The second-order valence-corrected chi connectivity index (χ2v) is 9.60. The van der Waals surface area contributed by atoms with Gasteiger partial charge in [-0.3, -0.25) is 4.79 Å². The summed E-state index contributed by atoms with van der Waals surface area (Å²) in [5.74, 6) is -0.146. The van der Waals surface area contributed by atoms with Crippen LogP contribution in [-0.2, 0) is 22.4 Å². The van der Waals surface area contributed by atoms with E-state index in [1.165, 1.54) is 0 Å². The molecule has 9 heteroatoms. The molecule has 2 aromatic carbocycles. The van der Waals surface area contributed by atoms with Crippen molar-refractivity contribution in [1.29, 1.82) is 0 Å². The van der Waals surface area contributed by atoms with Crippen molar-refractivity contribution in [3.63, 3.8) is 0 Å². The molecule has 0 fully saturated rings. The number of carbonyl (C=O) groups is 2. The molecule has 0 saturated heterocycles. The zero-order valence-electron chi connectivity index (χ0n) is 19.9. The van der Waals surface area contributed by atoms with E-state index in [-0.39, 0.29) is 17.9 Å². The van der Waals surface area contributed by atoms with E-state index < -0.39 is 23.6 Å². The maximum Gasteiger partial charge on any atom is 0.408 e. The Morgan fingerprint density at radius 3 is 2.11 bits per heavy atom. The summed E-state index contributed by atoms with van der Waals surface area (Å²) in [7, 11) is 0. The molecule has 0 aliphatic carbocycles. The van der Waals surface area contributed by atoms with Crippen LogP contribution in [-0.4, -0.2) is 50.4 Å². The first kappa shape index (κ1) is 24.0. The number of alkyl carbamates (subject to hydrolysis) is 1. The highest BCUT2D eigenvalue weighted by molar-refractivity contribution is 5.88. The predicted octanol–water partition coefficient (Wildman–Crippen LogP) is 3.86. The Morgan fingerprint density at radius 2 is 1.51 bits per heavy atom. The van der Waals surface area contributed by atoms with Crippen LogP contribution in [0.25, 0.3) is 21.8 Å². The van der Waals surface area contributed by atoms with Gasteiger partial charge in [-0.15, -0.1) is 0 Å². The van der Waals surface area contributed by atoms with Gasteiger partial charge in [0.25, 0.3) is 5.91 Å². The number of hydrogen-bond donors (Lipinski definition) is 6. The molecule has 1 atom stereocenters. The number of fused-ring (bicyclic) bond motifs is 2. The van der Waals surface area contributed by atoms with Gasteiger partial charge >= 0.3 is 6.09 Å². The molecule has 0 aliphatic rings. The summed E-state index contributed by atoms with van der Waals surface area (Å²) >= 11 is 0. The number of phenols is 2. The fourth-order valence-corrected chi connectivity index (χ4v) is 4.00. The second kappa shape index (κ2) is 9.61. The number of ether oxygens (including phenoxy) is 1. The summed E-state index contributed by atoms with van der Waals surface area (Å²) in [5, 5.41) is 26.9. The Hall–Kier alpha value is -4.14. The third kappa shape index (κ3) is 5.87. The standard InChI is InChI=1S/C26H30N4O5/c1-26(2,3)30-25(34)35-23(10-16-14-29-22-7-5-18(32)12-20(16)22)24(33)27-9-8-15-13-28-21-6-4-17(31)11-19(15)21/h4-7,11-14,23,28-29,31-32H,8-10H2,1-3H3,(H,27,33)(H,30,34)/t23-/m0/s1. The van der Waals surface area contributed by atoms with Crippen LogP contribution in [0, 0.1) is 0 Å². The molecule has 0 aliphatic heterocycles. The Balaban J connectivity index is 1.48. The molecular weight excluding hydrogens is 448 g/mol. The van der Waals surface area contributed by atoms with Crippen molar-refractivity contribution in [3.8, 4) is 11.5 Å². The second-order valence-electron chi connectivity index (χ2n) is 9.60. The highest BCUT2D eigenvalue weighted by Crippen LogP contribution is 2.25. The monoisotopic (exact) mass is 478 g/mol. The Bertz CT molecular complexity index is 1370. The lowest BCUT2D eigenvalue weighted by atomic mass is 10.1. The van der Waals surface area contributed by atoms with E-state index in [4.69, 9.17) is 4.74 Å². The summed E-state index contributed by atoms with van der Waals surface area (Å²) in [6.07, 6.45) is 2.48. The summed E-state index contributed by atoms with van der Waals surface area (Å²) in [6.45, 7) is 5.79. The number of H-pyrrole nitrogens is 2. The van der Waals surface area contributed by atoms with E-state index in [1.54, 1.807) is 42.6 Å². The molecule has 0 spiro atoms. The Morgan fingerprint density at radius 1 is 0.943 bits per heavy atom. The topological polar surface area (TPSA) is 139 Å². The number of rotatable bonds is 7. The smallest absolute Gasteiger partial charge is 0.408 e. The third-order valence-corrected chi connectivity index (χ3v) is 5.62. The molecule has 35 heavy (non-hydrogen) atoms. The lowest BCUT2D eigenvalue weighted by Gasteiger charge is -2.23. The van der Waals surface area contributed by atoms with E-state index in [0.29, 0.717) is 13.0 Å². The maximum absolute atomic E-state index is 13.1. The van der Waals surface area contributed by atoms with Crippen LogP contribution in [0.1, 0.15) is 31.9 Å². The van der Waals surface area contributed by atoms with Crippen LogP contribution in [0.15, 0.2) is 48.8 Å². The number of hydrogen-bond acceptors (Lipinski definition) is 5. The number of aromatic amines is 2. The number of nitrogens with one attached hydrogen (secondary N) is 4. The average molecular weight is 479 g/mol. The quantitative estimate of drug-likeness (QED) is 0.239. The highest BCUT2D eigenvalue weighted by atomic mass is 16.6. The molecule has 6 N–H and O–H groups in total. The number of amides is 2. The molecule has 0 unspecified atom stereocenters. The normalized spacial score (nSPS) is 12.5. The van der Waals surface area contributed by atoms with Gasteiger partial charge in [0.1, 0.15) is 11.5 Å². The first-order chi connectivity index (χ1) is 16.6. The van der Waals surface area contributed by atoms with Gasteiger partial charge in [0, 0.05) is 52.7 Å². The number of benzene rings is 2. The van der Waals surface area contributed by atoms with E-state index in [1.807, 2.05) is 27.0 Å². The summed E-state index contributed by atoms with van der Waals surface area (Å²) in [4.78, 5) is 31.8. The fourth-order valence-electron chi connectivity index (χ4n) is 4.00. The van der Waals surface area contributed by atoms with Crippen LogP contribution in [0.2, 0.25) is 0 Å². The van der Waals surface area contributed by atoms with Gasteiger partial charge in [0.2, 0.25) is 0 Å². The first-order valence-electron chi connectivity index (χ1n) is 11.4.